The van der Waals surface area contributed by atoms with E-state index >= 15 is 0 Å². The van der Waals surface area contributed by atoms with Gasteiger partial charge in [0.25, 0.3) is 0 Å². The van der Waals surface area contributed by atoms with Crippen LogP contribution < -0.4 is 0 Å². The summed E-state index contributed by atoms with van der Waals surface area (Å²) in [5.41, 5.74) is 4.08. The highest BCUT2D eigenvalue weighted by atomic mass is 35.5. The second-order valence-electron chi connectivity index (χ2n) is 6.98. The van der Waals surface area contributed by atoms with E-state index in [0.717, 1.165) is 11.4 Å². The van der Waals surface area contributed by atoms with Crippen LogP contribution in [0.3, 0.4) is 0 Å². The Hall–Kier alpha value is -0.750. The molecule has 0 radical (unpaired) electrons. The van der Waals surface area contributed by atoms with Crippen LogP contribution in [0, 0.1) is 0 Å². The van der Waals surface area contributed by atoms with Gasteiger partial charge in [0.1, 0.15) is 0 Å². The van der Waals surface area contributed by atoms with Crippen LogP contribution in [0.5, 0.6) is 0 Å². The summed E-state index contributed by atoms with van der Waals surface area (Å²) in [6.07, 6.45) is 2.81. The number of hydrogen-bond acceptors (Lipinski definition) is 0. The van der Waals surface area contributed by atoms with Gasteiger partial charge in [-0.2, -0.15) is 0 Å². The molecule has 1 heteroatoms. The Morgan fingerprint density at radius 3 is 1.89 bits per heavy atom. The van der Waals surface area contributed by atoms with E-state index in [1.165, 1.54) is 16.7 Å². The average Bonchev–Trinajstić information content (AvgIpc) is 2.13. The van der Waals surface area contributed by atoms with E-state index in [1.807, 2.05) is 6.08 Å². The summed E-state index contributed by atoms with van der Waals surface area (Å²) in [5, 5.41) is 0.868. The van der Waals surface area contributed by atoms with Crippen molar-refractivity contribution >= 4 is 11.6 Å². The van der Waals surface area contributed by atoms with Gasteiger partial charge < -0.3 is 0 Å². The molecule has 1 rings (SSSR count). The maximum atomic E-state index is 6.44. The fourth-order valence-electron chi connectivity index (χ4n) is 2.21. The molecule has 0 spiro atoms. The van der Waals surface area contributed by atoms with Crippen molar-refractivity contribution in [3.05, 3.63) is 46.5 Å². The Kier molecular flexibility index (Phi) is 4.33. The zero-order chi connectivity index (χ0) is 14.1. The smallest absolute Gasteiger partial charge is 0.0446 e. The normalized spacial score (nSPS) is 12.6. The molecule has 0 amide bonds. The molecule has 0 aliphatic heterocycles. The summed E-state index contributed by atoms with van der Waals surface area (Å²) in [6, 6.07) is 4.39. The number of allylic oxidation sites excluding steroid dienone is 1. The Labute approximate surface area is 117 Å². The van der Waals surface area contributed by atoms with E-state index in [0.29, 0.717) is 0 Å². The summed E-state index contributed by atoms with van der Waals surface area (Å²) in [6.45, 7) is 17.2. The number of benzene rings is 1. The van der Waals surface area contributed by atoms with E-state index in [2.05, 4.69) is 60.3 Å². The minimum absolute atomic E-state index is 0.0732. The van der Waals surface area contributed by atoms with Crippen molar-refractivity contribution in [1.82, 2.24) is 0 Å². The minimum atomic E-state index is 0.0732. The van der Waals surface area contributed by atoms with Gasteiger partial charge in [0.2, 0.25) is 0 Å². The second-order valence-corrected chi connectivity index (χ2v) is 7.39. The Morgan fingerprint density at radius 2 is 1.50 bits per heavy atom. The third kappa shape index (κ3) is 3.38. The van der Waals surface area contributed by atoms with Crippen molar-refractivity contribution < 1.29 is 0 Å². The van der Waals surface area contributed by atoms with Crippen LogP contribution in [-0.4, -0.2) is 0 Å². The molecule has 0 fully saturated rings. The highest BCUT2D eigenvalue weighted by Crippen LogP contribution is 2.36. The third-order valence-electron chi connectivity index (χ3n) is 3.17. The first-order chi connectivity index (χ1) is 8.07. The molecular weight excluding hydrogens is 240 g/mol. The molecule has 1 aromatic carbocycles. The number of halogens is 1. The first kappa shape index (κ1) is 15.3. The van der Waals surface area contributed by atoms with Crippen LogP contribution in [0.15, 0.2) is 24.8 Å². The van der Waals surface area contributed by atoms with Gasteiger partial charge >= 0.3 is 0 Å². The van der Waals surface area contributed by atoms with Gasteiger partial charge in [-0.3, -0.25) is 0 Å². The van der Waals surface area contributed by atoms with Gasteiger partial charge in [-0.25, -0.2) is 0 Å². The van der Waals surface area contributed by atoms with Crippen molar-refractivity contribution in [2.45, 2.75) is 58.8 Å². The molecule has 0 nitrogen and oxygen atoms in total. The Bertz CT molecular complexity index is 442. The molecule has 0 aromatic heterocycles. The first-order valence-electron chi connectivity index (χ1n) is 6.51. The molecule has 100 valence electrons. The second kappa shape index (κ2) is 5.09. The molecule has 1 aromatic rings. The molecule has 18 heavy (non-hydrogen) atoms. The quantitative estimate of drug-likeness (QED) is 0.604. The zero-order valence-electron chi connectivity index (χ0n) is 12.5. The first-order valence-corrected chi connectivity index (χ1v) is 6.89. The van der Waals surface area contributed by atoms with Gasteiger partial charge in [0.15, 0.2) is 0 Å². The lowest BCUT2D eigenvalue weighted by Crippen LogP contribution is -2.19. The highest BCUT2D eigenvalue weighted by molar-refractivity contribution is 6.31. The fourth-order valence-corrected chi connectivity index (χ4v) is 2.68. The van der Waals surface area contributed by atoms with Crippen molar-refractivity contribution in [2.24, 2.45) is 0 Å². The lowest BCUT2D eigenvalue weighted by molar-refractivity contribution is 0.565. The SMILES string of the molecule is C=CCc1cc(Cl)c(C(C)(C)C)cc1C(C)(C)C. The summed E-state index contributed by atoms with van der Waals surface area (Å²) in [7, 11) is 0. The van der Waals surface area contributed by atoms with E-state index in [-0.39, 0.29) is 10.8 Å². The van der Waals surface area contributed by atoms with Gasteiger partial charge in [0.05, 0.1) is 0 Å². The molecule has 0 aliphatic carbocycles. The molecule has 0 heterocycles. The van der Waals surface area contributed by atoms with E-state index < -0.39 is 0 Å². The largest absolute Gasteiger partial charge is 0.103 e. The van der Waals surface area contributed by atoms with E-state index in [1.54, 1.807) is 0 Å². The topological polar surface area (TPSA) is 0 Å². The predicted molar refractivity (Wildman–Crippen MR) is 82.8 cm³/mol. The van der Waals surface area contributed by atoms with Crippen molar-refractivity contribution in [3.63, 3.8) is 0 Å². The van der Waals surface area contributed by atoms with Crippen molar-refractivity contribution in [1.29, 1.82) is 0 Å². The molecule has 0 saturated carbocycles. The molecule has 0 saturated heterocycles. The molecule has 0 N–H and O–H groups in total. The van der Waals surface area contributed by atoms with Gasteiger partial charge in [-0.05, 0) is 40.0 Å². The number of rotatable bonds is 2. The fraction of sp³-hybridized carbons (Fsp3) is 0.529. The third-order valence-corrected chi connectivity index (χ3v) is 3.49. The van der Waals surface area contributed by atoms with Crippen LogP contribution in [-0.2, 0) is 17.3 Å². The monoisotopic (exact) mass is 264 g/mol. The molecule has 0 aliphatic rings. The van der Waals surface area contributed by atoms with Crippen LogP contribution >= 0.6 is 11.6 Å². The van der Waals surface area contributed by atoms with Gasteiger partial charge in [-0.1, -0.05) is 65.3 Å². The van der Waals surface area contributed by atoms with Gasteiger partial charge in [0, 0.05) is 5.02 Å². The van der Waals surface area contributed by atoms with Crippen LogP contribution in [0.25, 0.3) is 0 Å². The lowest BCUT2D eigenvalue weighted by atomic mass is 9.78. The number of hydrogen-bond donors (Lipinski definition) is 0. The van der Waals surface area contributed by atoms with Crippen LogP contribution in [0.2, 0.25) is 5.02 Å². The molecule has 0 atom stereocenters. The predicted octanol–water partition coefficient (Wildman–Crippen LogP) is 5.66. The van der Waals surface area contributed by atoms with Crippen LogP contribution in [0.1, 0.15) is 58.2 Å². The highest BCUT2D eigenvalue weighted by Gasteiger charge is 2.24. The van der Waals surface area contributed by atoms with Crippen molar-refractivity contribution in [2.75, 3.05) is 0 Å². The summed E-state index contributed by atoms with van der Waals surface area (Å²) in [5.74, 6) is 0. The Balaban J connectivity index is 3.50. The van der Waals surface area contributed by atoms with E-state index in [4.69, 9.17) is 11.6 Å². The molecular formula is C17H25Cl. The summed E-state index contributed by atoms with van der Waals surface area (Å²) < 4.78 is 0. The maximum absolute atomic E-state index is 6.44. The Morgan fingerprint density at radius 1 is 1.00 bits per heavy atom. The molecule has 0 bridgehead atoms. The maximum Gasteiger partial charge on any atom is 0.0446 e. The van der Waals surface area contributed by atoms with Crippen LogP contribution in [0.4, 0.5) is 0 Å². The molecule has 0 unspecified atom stereocenters. The van der Waals surface area contributed by atoms with Gasteiger partial charge in [-0.15, -0.1) is 6.58 Å². The standard InChI is InChI=1S/C17H25Cl/c1-8-9-12-10-15(18)14(17(5,6)7)11-13(12)16(2,3)4/h8,10-11H,1,9H2,2-7H3. The van der Waals surface area contributed by atoms with E-state index in [9.17, 15) is 0 Å². The minimum Gasteiger partial charge on any atom is -0.103 e. The zero-order valence-corrected chi connectivity index (χ0v) is 13.3. The summed E-state index contributed by atoms with van der Waals surface area (Å²) in [4.78, 5) is 0. The summed E-state index contributed by atoms with van der Waals surface area (Å²) >= 11 is 6.44. The average molecular weight is 265 g/mol. The lowest BCUT2D eigenvalue weighted by Gasteiger charge is -2.28. The van der Waals surface area contributed by atoms with Crippen molar-refractivity contribution in [3.8, 4) is 0 Å².